The molecule has 2 unspecified atom stereocenters. The van der Waals surface area contributed by atoms with E-state index in [0.29, 0.717) is 0 Å². The van der Waals surface area contributed by atoms with Crippen molar-refractivity contribution in [3.05, 3.63) is 168 Å². The van der Waals surface area contributed by atoms with Crippen LogP contribution in [0.3, 0.4) is 0 Å². The molecule has 2 nitrogen and oxygen atoms in total. The van der Waals surface area contributed by atoms with Crippen LogP contribution in [-0.4, -0.2) is 25.3 Å². The molecule has 2 heterocycles. The Hall–Kier alpha value is -5.43. The summed E-state index contributed by atoms with van der Waals surface area (Å²) in [7, 11) is -3.67. The average molecular weight is 757 g/mol. The zero-order chi connectivity index (χ0) is 38.5. The second-order valence-corrected chi connectivity index (χ2v) is 29.9. The minimum absolute atomic E-state index is 0.0468. The van der Waals surface area contributed by atoms with Crippen LogP contribution in [0.2, 0.25) is 39.3 Å². The standard InChI is InChI=1S/C52H48N2Si2/c1-51(55(3,4)5)41-27-25-33(53-45-21-13-9-17-35(45)36-18-10-14-22-46(36)53)31-39(41)49-43(51)29-30-44-50(49)40-32-34(26-28-42(40)52(44,2)56(6,7)8)54-47-23-15-11-19-37(47)38-20-12-16-24-48(38)54/h9-32H,1-8H3. The third-order valence-electron chi connectivity index (χ3n) is 14.6. The highest BCUT2D eigenvalue weighted by molar-refractivity contribution is 6.80. The fourth-order valence-electron chi connectivity index (χ4n) is 10.9. The van der Waals surface area contributed by atoms with E-state index < -0.39 is 16.1 Å². The van der Waals surface area contributed by atoms with E-state index in [1.54, 1.807) is 0 Å². The molecule has 11 rings (SSSR count). The van der Waals surface area contributed by atoms with Crippen molar-refractivity contribution in [2.45, 2.75) is 63.2 Å². The van der Waals surface area contributed by atoms with E-state index in [2.05, 4.69) is 208 Å². The molecule has 274 valence electrons. The van der Waals surface area contributed by atoms with Gasteiger partial charge in [0.15, 0.2) is 0 Å². The summed E-state index contributed by atoms with van der Waals surface area (Å²) in [6.45, 7) is 20.6. The quantitative estimate of drug-likeness (QED) is 0.158. The first-order valence-corrected chi connectivity index (χ1v) is 27.3. The Labute approximate surface area is 332 Å². The van der Waals surface area contributed by atoms with Gasteiger partial charge < -0.3 is 9.13 Å². The van der Waals surface area contributed by atoms with E-state index in [1.165, 1.54) is 99.5 Å². The highest BCUT2D eigenvalue weighted by atomic mass is 28.3. The molecule has 2 aliphatic carbocycles. The van der Waals surface area contributed by atoms with Crippen molar-refractivity contribution in [2.24, 2.45) is 0 Å². The third kappa shape index (κ3) is 4.11. The van der Waals surface area contributed by atoms with Crippen LogP contribution >= 0.6 is 0 Å². The minimum Gasteiger partial charge on any atom is -0.309 e. The largest absolute Gasteiger partial charge is 0.309 e. The third-order valence-corrected chi connectivity index (χ3v) is 21.7. The van der Waals surface area contributed by atoms with Crippen molar-refractivity contribution in [3.8, 4) is 33.6 Å². The Morgan fingerprint density at radius 3 is 0.946 bits per heavy atom. The maximum atomic E-state index is 2.57. The highest BCUT2D eigenvalue weighted by Crippen LogP contribution is 2.63. The molecule has 0 fully saturated rings. The van der Waals surface area contributed by atoms with Gasteiger partial charge in [0.2, 0.25) is 0 Å². The second kappa shape index (κ2) is 11.1. The van der Waals surface area contributed by atoms with E-state index >= 15 is 0 Å². The van der Waals surface area contributed by atoms with Gasteiger partial charge in [-0.2, -0.15) is 0 Å². The van der Waals surface area contributed by atoms with E-state index in [1.807, 2.05) is 0 Å². The van der Waals surface area contributed by atoms with Gasteiger partial charge in [0.1, 0.15) is 0 Å². The van der Waals surface area contributed by atoms with Crippen LogP contribution in [0, 0.1) is 0 Å². The van der Waals surface area contributed by atoms with E-state index in [-0.39, 0.29) is 10.1 Å². The van der Waals surface area contributed by atoms with Crippen molar-refractivity contribution in [3.63, 3.8) is 0 Å². The summed E-state index contributed by atoms with van der Waals surface area (Å²) >= 11 is 0. The Kier molecular flexibility index (Phi) is 6.72. The predicted octanol–water partition coefficient (Wildman–Crippen LogP) is 14.2. The van der Waals surface area contributed by atoms with Gasteiger partial charge in [0.05, 0.1) is 38.2 Å². The van der Waals surface area contributed by atoms with Gasteiger partial charge >= 0.3 is 0 Å². The molecule has 4 heteroatoms. The van der Waals surface area contributed by atoms with Crippen LogP contribution in [0.1, 0.15) is 36.1 Å². The molecular weight excluding hydrogens is 709 g/mol. The zero-order valence-electron chi connectivity index (χ0n) is 33.8. The summed E-state index contributed by atoms with van der Waals surface area (Å²) < 4.78 is 5.00. The van der Waals surface area contributed by atoms with Crippen molar-refractivity contribution in [1.82, 2.24) is 9.13 Å². The first-order chi connectivity index (χ1) is 26.8. The molecule has 9 aromatic rings. The summed E-state index contributed by atoms with van der Waals surface area (Å²) in [6.07, 6.45) is 0. The molecular formula is C52H48N2Si2. The fraction of sp³-hybridized carbons (Fsp3) is 0.192. The molecule has 2 atom stereocenters. The van der Waals surface area contributed by atoms with Crippen LogP contribution in [0.15, 0.2) is 146 Å². The topological polar surface area (TPSA) is 9.86 Å². The van der Waals surface area contributed by atoms with Crippen LogP contribution in [0.5, 0.6) is 0 Å². The lowest BCUT2D eigenvalue weighted by Crippen LogP contribution is -2.47. The van der Waals surface area contributed by atoms with E-state index in [9.17, 15) is 0 Å². The van der Waals surface area contributed by atoms with Crippen molar-refractivity contribution < 1.29 is 0 Å². The number of aromatic nitrogens is 2. The first-order valence-electron chi connectivity index (χ1n) is 20.3. The van der Waals surface area contributed by atoms with Gasteiger partial charge in [-0.05, 0) is 93.0 Å². The van der Waals surface area contributed by atoms with Crippen LogP contribution in [-0.2, 0) is 10.1 Å². The maximum Gasteiger partial charge on any atom is 0.0609 e. The molecule has 0 N–H and O–H groups in total. The van der Waals surface area contributed by atoms with Crippen molar-refractivity contribution in [2.75, 3.05) is 0 Å². The molecule has 56 heavy (non-hydrogen) atoms. The molecule has 7 aromatic carbocycles. The zero-order valence-corrected chi connectivity index (χ0v) is 35.8. The maximum absolute atomic E-state index is 2.57. The van der Waals surface area contributed by atoms with Gasteiger partial charge in [-0.25, -0.2) is 0 Å². The number of nitrogens with zero attached hydrogens (tertiary/aromatic N) is 2. The van der Waals surface area contributed by atoms with Gasteiger partial charge in [0, 0.05) is 43.0 Å². The smallest absolute Gasteiger partial charge is 0.0609 e. The summed E-state index contributed by atoms with van der Waals surface area (Å²) in [5.74, 6) is 0. The molecule has 0 radical (unpaired) electrons. The minimum atomic E-state index is -1.84. The molecule has 0 aliphatic heterocycles. The number of benzene rings is 7. The first kappa shape index (κ1) is 33.9. The Morgan fingerprint density at radius 2 is 0.643 bits per heavy atom. The van der Waals surface area contributed by atoms with Gasteiger partial charge in [-0.15, -0.1) is 0 Å². The molecule has 2 aliphatic rings. The monoisotopic (exact) mass is 756 g/mol. The van der Waals surface area contributed by atoms with E-state index in [0.717, 1.165) is 0 Å². The van der Waals surface area contributed by atoms with Gasteiger partial charge in [-0.1, -0.05) is 150 Å². The highest BCUT2D eigenvalue weighted by Gasteiger charge is 2.54. The van der Waals surface area contributed by atoms with Crippen LogP contribution in [0.25, 0.3) is 77.2 Å². The van der Waals surface area contributed by atoms with E-state index in [4.69, 9.17) is 0 Å². The SMILES string of the molecule is CC1([Si](C)(C)C)c2ccc(-n3c4ccccc4c4ccccc43)cc2-c2c1ccc1c2-c2cc(-n3c4ccccc4c4ccccc43)ccc2C1(C)[Si](C)(C)C. The molecule has 0 amide bonds. The van der Waals surface area contributed by atoms with Crippen molar-refractivity contribution >= 4 is 59.8 Å². The summed E-state index contributed by atoms with van der Waals surface area (Å²) in [4.78, 5) is 0. The number of rotatable bonds is 4. The Balaban J connectivity index is 1.25. The Morgan fingerprint density at radius 1 is 0.357 bits per heavy atom. The normalized spacial score (nSPS) is 18.9. The molecule has 2 aromatic heterocycles. The fourth-order valence-corrected chi connectivity index (χ4v) is 15.0. The van der Waals surface area contributed by atoms with Gasteiger partial charge in [0.25, 0.3) is 0 Å². The average Bonchev–Trinajstić information content (AvgIpc) is 3.87. The van der Waals surface area contributed by atoms with Crippen LogP contribution in [0.4, 0.5) is 0 Å². The predicted molar refractivity (Wildman–Crippen MR) is 246 cm³/mol. The molecule has 0 saturated carbocycles. The van der Waals surface area contributed by atoms with Crippen LogP contribution < -0.4 is 0 Å². The lowest BCUT2D eigenvalue weighted by molar-refractivity contribution is 0.787. The van der Waals surface area contributed by atoms with Gasteiger partial charge in [-0.3, -0.25) is 0 Å². The molecule has 0 bridgehead atoms. The lowest BCUT2D eigenvalue weighted by Gasteiger charge is -2.41. The Bertz CT molecular complexity index is 2830. The molecule has 0 saturated heterocycles. The number of fused-ring (bicyclic) bond motifs is 13. The lowest BCUT2D eigenvalue weighted by atomic mass is 9.90. The van der Waals surface area contributed by atoms with Crippen molar-refractivity contribution in [1.29, 1.82) is 0 Å². The summed E-state index contributed by atoms with van der Waals surface area (Å²) in [5.41, 5.74) is 19.2. The summed E-state index contributed by atoms with van der Waals surface area (Å²) in [5, 5.41) is 5.11. The number of hydrogen-bond donors (Lipinski definition) is 0. The summed E-state index contributed by atoms with van der Waals surface area (Å²) in [6, 6.07) is 55.7. The number of hydrogen-bond acceptors (Lipinski definition) is 0. The molecule has 0 spiro atoms. The number of para-hydroxylation sites is 4. The second-order valence-electron chi connectivity index (χ2n) is 18.9.